The van der Waals surface area contributed by atoms with Gasteiger partial charge in [0.05, 0.1) is 6.54 Å². The maximum Gasteiger partial charge on any atom is 0.408 e. The van der Waals surface area contributed by atoms with Crippen molar-refractivity contribution in [2.75, 3.05) is 13.1 Å². The Morgan fingerprint density at radius 1 is 1.44 bits per heavy atom. The third kappa shape index (κ3) is 6.15. The van der Waals surface area contributed by atoms with E-state index in [1.807, 2.05) is 13.8 Å². The lowest BCUT2D eigenvalue weighted by Crippen LogP contribution is -2.52. The summed E-state index contributed by atoms with van der Waals surface area (Å²) in [6.45, 7) is 4.63. The highest BCUT2D eigenvalue weighted by atomic mass is 16.5. The Labute approximate surface area is 146 Å². The van der Waals surface area contributed by atoms with Crippen LogP contribution in [0.2, 0.25) is 0 Å². The number of nitrogens with one attached hydrogen (secondary N) is 3. The van der Waals surface area contributed by atoms with E-state index in [1.54, 1.807) is 24.5 Å². The molecule has 1 aliphatic rings. The highest BCUT2D eigenvalue weighted by Crippen LogP contribution is 2.07. The first-order valence-corrected chi connectivity index (χ1v) is 8.31. The molecule has 2 heterocycles. The molecule has 2 rings (SSSR count). The van der Waals surface area contributed by atoms with Crippen molar-refractivity contribution >= 4 is 17.8 Å². The smallest absolute Gasteiger partial charge is 0.408 e. The minimum absolute atomic E-state index is 0.0594. The monoisotopic (exact) mass is 348 g/mol. The Balaban J connectivity index is 1.88. The van der Waals surface area contributed by atoms with Gasteiger partial charge in [-0.2, -0.15) is 0 Å². The van der Waals surface area contributed by atoms with Gasteiger partial charge in [-0.05, 0) is 18.4 Å². The first kappa shape index (κ1) is 18.9. The van der Waals surface area contributed by atoms with E-state index < -0.39 is 18.2 Å². The summed E-state index contributed by atoms with van der Waals surface area (Å²) in [7, 11) is 0. The number of ketones is 1. The molecular weight excluding hydrogens is 324 g/mol. The summed E-state index contributed by atoms with van der Waals surface area (Å²) in [6.07, 6.45) is 3.00. The average molecular weight is 348 g/mol. The molecule has 1 saturated heterocycles. The van der Waals surface area contributed by atoms with Gasteiger partial charge in [-0.3, -0.25) is 14.6 Å². The fourth-order valence-corrected chi connectivity index (χ4v) is 2.50. The second-order valence-electron chi connectivity index (χ2n) is 6.42. The van der Waals surface area contributed by atoms with Crippen LogP contribution in [0.3, 0.4) is 0 Å². The van der Waals surface area contributed by atoms with Crippen LogP contribution in [-0.4, -0.2) is 47.9 Å². The third-order valence-corrected chi connectivity index (χ3v) is 3.76. The van der Waals surface area contributed by atoms with Crippen LogP contribution in [0.25, 0.3) is 0 Å². The minimum atomic E-state index is -0.755. The lowest BCUT2D eigenvalue weighted by molar-refractivity contribution is -0.127. The van der Waals surface area contributed by atoms with E-state index in [9.17, 15) is 14.4 Å². The molecule has 25 heavy (non-hydrogen) atoms. The normalized spacial score (nSPS) is 18.0. The number of aromatic nitrogens is 1. The molecule has 0 bridgehead atoms. The molecule has 1 aromatic heterocycles. The molecule has 0 radical (unpaired) electrons. The van der Waals surface area contributed by atoms with Gasteiger partial charge < -0.3 is 20.7 Å². The van der Waals surface area contributed by atoms with Gasteiger partial charge in [0.25, 0.3) is 0 Å². The molecule has 136 valence electrons. The molecule has 2 amide bonds. The molecule has 8 nitrogen and oxygen atoms in total. The quantitative estimate of drug-likeness (QED) is 0.657. The van der Waals surface area contributed by atoms with E-state index in [0.717, 1.165) is 5.56 Å². The van der Waals surface area contributed by atoms with Gasteiger partial charge in [0, 0.05) is 24.5 Å². The summed E-state index contributed by atoms with van der Waals surface area (Å²) in [5.74, 6) is -0.253. The average Bonchev–Trinajstić information content (AvgIpc) is 2.98. The van der Waals surface area contributed by atoms with Crippen LogP contribution in [0.1, 0.15) is 25.8 Å². The van der Waals surface area contributed by atoms with Crippen molar-refractivity contribution in [3.05, 3.63) is 30.1 Å². The summed E-state index contributed by atoms with van der Waals surface area (Å²) in [4.78, 5) is 40.0. The molecule has 0 aromatic carbocycles. The number of Topliss-reactive ketones (excluding diaryl/α,β-unsaturated/α-hetero) is 1. The lowest BCUT2D eigenvalue weighted by Gasteiger charge is -2.21. The molecule has 2 atom stereocenters. The molecule has 0 aliphatic carbocycles. The van der Waals surface area contributed by atoms with Crippen molar-refractivity contribution in [2.45, 2.75) is 39.0 Å². The SMILES string of the molecule is CC(C)C[C@H](NC(=O)OCc1cccnc1)C(=O)NC1CNCC1=O. The Bertz CT molecular complexity index is 606. The predicted octanol–water partition coefficient (Wildman–Crippen LogP) is 0.380. The van der Waals surface area contributed by atoms with E-state index in [2.05, 4.69) is 20.9 Å². The number of alkyl carbamates (subject to hydrolysis) is 1. The molecule has 1 aromatic rings. The molecule has 1 unspecified atom stereocenters. The van der Waals surface area contributed by atoms with Crippen molar-refractivity contribution in [1.29, 1.82) is 0 Å². The van der Waals surface area contributed by atoms with E-state index in [0.29, 0.717) is 13.0 Å². The third-order valence-electron chi connectivity index (χ3n) is 3.76. The maximum atomic E-state index is 12.4. The minimum Gasteiger partial charge on any atom is -0.445 e. The molecule has 0 spiro atoms. The van der Waals surface area contributed by atoms with Crippen molar-refractivity contribution in [1.82, 2.24) is 20.9 Å². The lowest BCUT2D eigenvalue weighted by atomic mass is 10.0. The fraction of sp³-hybridized carbons (Fsp3) is 0.529. The van der Waals surface area contributed by atoms with Crippen molar-refractivity contribution in [2.24, 2.45) is 5.92 Å². The standard InChI is InChI=1S/C17H24N4O4/c1-11(2)6-13(16(23)20-14-8-19-9-15(14)22)21-17(24)25-10-12-4-3-5-18-7-12/h3-5,7,11,13-14,19H,6,8-10H2,1-2H3,(H,20,23)(H,21,24)/t13-,14?/m0/s1. The van der Waals surface area contributed by atoms with Crippen molar-refractivity contribution < 1.29 is 19.1 Å². The number of carbonyl (C=O) groups is 3. The van der Waals surface area contributed by atoms with E-state index in [-0.39, 0.29) is 30.8 Å². The zero-order valence-corrected chi connectivity index (χ0v) is 14.5. The van der Waals surface area contributed by atoms with Crippen LogP contribution >= 0.6 is 0 Å². The largest absolute Gasteiger partial charge is 0.445 e. The molecule has 0 saturated carbocycles. The highest BCUT2D eigenvalue weighted by molar-refractivity contribution is 5.94. The molecule has 8 heteroatoms. The fourth-order valence-electron chi connectivity index (χ4n) is 2.50. The number of nitrogens with zero attached hydrogens (tertiary/aromatic N) is 1. The van der Waals surface area contributed by atoms with Crippen LogP contribution in [-0.2, 0) is 20.9 Å². The number of hydrogen-bond acceptors (Lipinski definition) is 6. The summed E-state index contributed by atoms with van der Waals surface area (Å²) in [5.41, 5.74) is 0.755. The van der Waals surface area contributed by atoms with Crippen LogP contribution in [0.4, 0.5) is 4.79 Å². The Kier molecular flexibility index (Phi) is 6.88. The zero-order valence-electron chi connectivity index (χ0n) is 14.5. The first-order chi connectivity index (χ1) is 12.0. The number of pyridine rings is 1. The number of amides is 2. The van der Waals surface area contributed by atoms with Gasteiger partial charge in [0.15, 0.2) is 5.78 Å². The predicted molar refractivity (Wildman–Crippen MR) is 90.6 cm³/mol. The van der Waals surface area contributed by atoms with Crippen LogP contribution in [0.5, 0.6) is 0 Å². The first-order valence-electron chi connectivity index (χ1n) is 8.31. The van der Waals surface area contributed by atoms with Gasteiger partial charge in [-0.15, -0.1) is 0 Å². The molecule has 1 aliphatic heterocycles. The molecular formula is C17H24N4O4. The Morgan fingerprint density at radius 2 is 2.24 bits per heavy atom. The topological polar surface area (TPSA) is 109 Å². The van der Waals surface area contributed by atoms with Gasteiger partial charge in [0.1, 0.15) is 18.7 Å². The molecule has 1 fully saturated rings. The Hall–Kier alpha value is -2.48. The number of hydrogen-bond donors (Lipinski definition) is 3. The van der Waals surface area contributed by atoms with Crippen LogP contribution in [0.15, 0.2) is 24.5 Å². The van der Waals surface area contributed by atoms with E-state index >= 15 is 0 Å². The number of rotatable bonds is 7. The van der Waals surface area contributed by atoms with Gasteiger partial charge >= 0.3 is 6.09 Å². The number of carbonyl (C=O) groups excluding carboxylic acids is 3. The summed E-state index contributed by atoms with van der Waals surface area (Å²) in [5, 5.41) is 8.17. The summed E-state index contributed by atoms with van der Waals surface area (Å²) >= 11 is 0. The summed E-state index contributed by atoms with van der Waals surface area (Å²) in [6, 6.07) is 2.24. The molecule has 3 N–H and O–H groups in total. The maximum absolute atomic E-state index is 12.4. The summed E-state index contributed by atoms with van der Waals surface area (Å²) < 4.78 is 5.13. The number of ether oxygens (including phenoxy) is 1. The van der Waals surface area contributed by atoms with Gasteiger partial charge in [-0.1, -0.05) is 19.9 Å². The second kappa shape index (κ2) is 9.12. The van der Waals surface area contributed by atoms with E-state index in [1.165, 1.54) is 0 Å². The van der Waals surface area contributed by atoms with Crippen LogP contribution in [0, 0.1) is 5.92 Å². The van der Waals surface area contributed by atoms with Gasteiger partial charge in [-0.25, -0.2) is 4.79 Å². The second-order valence-corrected chi connectivity index (χ2v) is 6.42. The van der Waals surface area contributed by atoms with Crippen LogP contribution < -0.4 is 16.0 Å². The Morgan fingerprint density at radius 3 is 2.84 bits per heavy atom. The highest BCUT2D eigenvalue weighted by Gasteiger charge is 2.30. The van der Waals surface area contributed by atoms with Crippen molar-refractivity contribution in [3.63, 3.8) is 0 Å². The van der Waals surface area contributed by atoms with Gasteiger partial charge in [0.2, 0.25) is 5.91 Å². The van der Waals surface area contributed by atoms with E-state index in [4.69, 9.17) is 4.74 Å². The van der Waals surface area contributed by atoms with Crippen molar-refractivity contribution in [3.8, 4) is 0 Å². The zero-order chi connectivity index (χ0) is 18.2.